The van der Waals surface area contributed by atoms with E-state index in [0.29, 0.717) is 12.1 Å². The molecule has 23 heavy (non-hydrogen) atoms. The van der Waals surface area contributed by atoms with Crippen LogP contribution in [0.25, 0.3) is 0 Å². The SMILES string of the molecule is O=C(O)Cc1ccc(S(=O)(=O)N2CCCc3ccccc32)cc1. The zero-order valence-electron chi connectivity index (χ0n) is 12.5. The molecule has 0 amide bonds. The van der Waals surface area contributed by atoms with Crippen LogP contribution in [0.2, 0.25) is 0 Å². The highest BCUT2D eigenvalue weighted by atomic mass is 32.2. The van der Waals surface area contributed by atoms with Crippen molar-refractivity contribution in [3.63, 3.8) is 0 Å². The van der Waals surface area contributed by atoms with Gasteiger partial charge in [-0.2, -0.15) is 0 Å². The number of aliphatic carboxylic acids is 1. The predicted octanol–water partition coefficient (Wildman–Crippen LogP) is 2.46. The average Bonchev–Trinajstić information content (AvgIpc) is 2.54. The number of nitrogens with zero attached hydrogens (tertiary/aromatic N) is 1. The first-order chi connectivity index (χ1) is 11.0. The van der Waals surface area contributed by atoms with Gasteiger partial charge in [-0.15, -0.1) is 0 Å². The van der Waals surface area contributed by atoms with Gasteiger partial charge in [-0.25, -0.2) is 8.42 Å². The van der Waals surface area contributed by atoms with Crippen LogP contribution in [0.3, 0.4) is 0 Å². The molecule has 0 saturated heterocycles. The normalized spacial score (nSPS) is 14.3. The number of hydrogen-bond donors (Lipinski definition) is 1. The minimum atomic E-state index is -3.63. The van der Waals surface area contributed by atoms with Gasteiger partial charge in [0.2, 0.25) is 0 Å². The highest BCUT2D eigenvalue weighted by Gasteiger charge is 2.28. The molecule has 6 heteroatoms. The monoisotopic (exact) mass is 331 g/mol. The number of fused-ring (bicyclic) bond motifs is 1. The molecule has 2 aromatic rings. The quantitative estimate of drug-likeness (QED) is 0.934. The van der Waals surface area contributed by atoms with Crippen LogP contribution in [0, 0.1) is 0 Å². The van der Waals surface area contributed by atoms with Gasteiger partial charge in [0.05, 0.1) is 17.0 Å². The molecule has 1 aliphatic rings. The van der Waals surface area contributed by atoms with Gasteiger partial charge in [0.1, 0.15) is 0 Å². The Morgan fingerprint density at radius 3 is 2.48 bits per heavy atom. The lowest BCUT2D eigenvalue weighted by molar-refractivity contribution is -0.136. The molecule has 0 saturated carbocycles. The molecule has 5 nitrogen and oxygen atoms in total. The van der Waals surface area contributed by atoms with Gasteiger partial charge < -0.3 is 5.11 Å². The van der Waals surface area contributed by atoms with Crippen molar-refractivity contribution in [3.05, 3.63) is 59.7 Å². The standard InChI is InChI=1S/C17H17NO4S/c19-17(20)12-13-7-9-15(10-8-13)23(21,22)18-11-3-5-14-4-1-2-6-16(14)18/h1-2,4,6-10H,3,5,11-12H2,(H,19,20). The second-order valence-electron chi connectivity index (χ2n) is 5.52. The second-order valence-corrected chi connectivity index (χ2v) is 7.39. The molecule has 0 aromatic heterocycles. The van der Waals surface area contributed by atoms with Gasteiger partial charge >= 0.3 is 5.97 Å². The van der Waals surface area contributed by atoms with Crippen LogP contribution < -0.4 is 4.31 Å². The summed E-state index contributed by atoms with van der Waals surface area (Å²) in [5, 5.41) is 8.78. The number of aryl methyl sites for hydroxylation is 1. The van der Waals surface area contributed by atoms with Gasteiger partial charge in [-0.1, -0.05) is 30.3 Å². The Hall–Kier alpha value is -2.34. The number of rotatable bonds is 4. The first-order valence-corrected chi connectivity index (χ1v) is 8.84. The van der Waals surface area contributed by atoms with E-state index in [0.717, 1.165) is 24.1 Å². The molecule has 2 aromatic carbocycles. The average molecular weight is 331 g/mol. The maximum Gasteiger partial charge on any atom is 0.307 e. The first-order valence-electron chi connectivity index (χ1n) is 7.40. The fraction of sp³-hybridized carbons (Fsp3) is 0.235. The largest absolute Gasteiger partial charge is 0.481 e. The minimum Gasteiger partial charge on any atom is -0.481 e. The summed E-state index contributed by atoms with van der Waals surface area (Å²) < 4.78 is 27.2. The van der Waals surface area contributed by atoms with Crippen LogP contribution in [0.15, 0.2) is 53.4 Å². The molecule has 0 fully saturated rings. The number of carboxylic acid groups (broad SMARTS) is 1. The topological polar surface area (TPSA) is 74.7 Å². The number of benzene rings is 2. The lowest BCUT2D eigenvalue weighted by Gasteiger charge is -2.30. The lowest BCUT2D eigenvalue weighted by Crippen LogP contribution is -2.35. The Bertz CT molecular complexity index is 828. The van der Waals surface area contributed by atoms with E-state index in [-0.39, 0.29) is 11.3 Å². The van der Waals surface area contributed by atoms with Crippen LogP contribution in [-0.2, 0) is 27.7 Å². The van der Waals surface area contributed by atoms with E-state index in [4.69, 9.17) is 5.11 Å². The van der Waals surface area contributed by atoms with Crippen LogP contribution in [0.5, 0.6) is 0 Å². The summed E-state index contributed by atoms with van der Waals surface area (Å²) in [6.45, 7) is 0.455. The molecule has 0 atom stereocenters. The van der Waals surface area contributed by atoms with Crippen LogP contribution in [-0.4, -0.2) is 26.0 Å². The molecular formula is C17H17NO4S. The molecule has 3 rings (SSSR count). The van der Waals surface area contributed by atoms with Crippen LogP contribution in [0.1, 0.15) is 17.5 Å². The Labute approximate surface area is 135 Å². The zero-order chi connectivity index (χ0) is 16.4. The van der Waals surface area contributed by atoms with Gasteiger partial charge in [0.15, 0.2) is 0 Å². The Morgan fingerprint density at radius 1 is 1.09 bits per heavy atom. The molecule has 0 spiro atoms. The molecular weight excluding hydrogens is 314 g/mol. The first kappa shape index (κ1) is 15.6. The van der Waals surface area contributed by atoms with Crippen molar-refractivity contribution in [1.82, 2.24) is 0 Å². The summed E-state index contributed by atoms with van der Waals surface area (Å²) in [6.07, 6.45) is 1.54. The number of sulfonamides is 1. The number of para-hydroxylation sites is 1. The maximum absolute atomic E-state index is 12.9. The van der Waals surface area contributed by atoms with Gasteiger partial charge in [0.25, 0.3) is 10.0 Å². The summed E-state index contributed by atoms with van der Waals surface area (Å²) >= 11 is 0. The molecule has 0 aliphatic carbocycles. The van der Waals surface area contributed by atoms with Crippen LogP contribution in [0.4, 0.5) is 5.69 Å². The smallest absolute Gasteiger partial charge is 0.307 e. The number of anilines is 1. The van der Waals surface area contributed by atoms with E-state index in [1.165, 1.54) is 16.4 Å². The molecule has 1 aliphatic heterocycles. The minimum absolute atomic E-state index is 0.118. The molecule has 0 bridgehead atoms. The highest BCUT2D eigenvalue weighted by molar-refractivity contribution is 7.92. The Balaban J connectivity index is 1.95. The fourth-order valence-corrected chi connectivity index (χ4v) is 4.37. The number of carbonyl (C=O) groups is 1. The summed E-state index contributed by atoms with van der Waals surface area (Å²) in [6, 6.07) is 13.6. The summed E-state index contributed by atoms with van der Waals surface area (Å²) in [5.41, 5.74) is 2.34. The lowest BCUT2D eigenvalue weighted by atomic mass is 10.0. The van der Waals surface area contributed by atoms with Crippen molar-refractivity contribution < 1.29 is 18.3 Å². The van der Waals surface area contributed by atoms with Crippen molar-refractivity contribution in [2.75, 3.05) is 10.8 Å². The molecule has 1 N–H and O–H groups in total. The van der Waals surface area contributed by atoms with Crippen molar-refractivity contribution in [2.45, 2.75) is 24.2 Å². The highest BCUT2D eigenvalue weighted by Crippen LogP contribution is 2.31. The molecule has 1 heterocycles. The van der Waals surface area contributed by atoms with E-state index in [1.807, 2.05) is 24.3 Å². The fourth-order valence-electron chi connectivity index (χ4n) is 2.83. The maximum atomic E-state index is 12.9. The number of hydrogen-bond acceptors (Lipinski definition) is 3. The van der Waals surface area contributed by atoms with E-state index in [2.05, 4.69) is 0 Å². The predicted molar refractivity (Wildman–Crippen MR) is 87.1 cm³/mol. The third-order valence-electron chi connectivity index (χ3n) is 3.93. The van der Waals surface area contributed by atoms with Gasteiger partial charge in [-0.05, 0) is 42.2 Å². The molecule has 0 radical (unpaired) electrons. The van der Waals surface area contributed by atoms with Gasteiger partial charge in [-0.3, -0.25) is 9.10 Å². The summed E-state index contributed by atoms with van der Waals surface area (Å²) in [5.74, 6) is -0.939. The van der Waals surface area contributed by atoms with E-state index in [9.17, 15) is 13.2 Å². The third kappa shape index (κ3) is 3.07. The van der Waals surface area contributed by atoms with Crippen molar-refractivity contribution in [3.8, 4) is 0 Å². The van der Waals surface area contributed by atoms with Crippen molar-refractivity contribution in [2.24, 2.45) is 0 Å². The van der Waals surface area contributed by atoms with Crippen molar-refractivity contribution in [1.29, 1.82) is 0 Å². The van der Waals surface area contributed by atoms with E-state index < -0.39 is 16.0 Å². The Kier molecular flexibility index (Phi) is 4.09. The van der Waals surface area contributed by atoms with Crippen LogP contribution >= 0.6 is 0 Å². The van der Waals surface area contributed by atoms with Crippen molar-refractivity contribution >= 4 is 21.7 Å². The zero-order valence-corrected chi connectivity index (χ0v) is 13.3. The third-order valence-corrected chi connectivity index (χ3v) is 5.76. The molecule has 120 valence electrons. The summed E-state index contributed by atoms with van der Waals surface area (Å²) in [7, 11) is -3.63. The number of carboxylic acids is 1. The van der Waals surface area contributed by atoms with E-state index in [1.54, 1.807) is 12.1 Å². The van der Waals surface area contributed by atoms with Gasteiger partial charge in [0, 0.05) is 6.54 Å². The summed E-state index contributed by atoms with van der Waals surface area (Å²) in [4.78, 5) is 10.9. The molecule has 0 unspecified atom stereocenters. The Morgan fingerprint density at radius 2 is 1.78 bits per heavy atom. The second kappa shape index (κ2) is 6.04. The van der Waals surface area contributed by atoms with E-state index >= 15 is 0 Å².